The van der Waals surface area contributed by atoms with Crippen molar-refractivity contribution >= 4 is 17.9 Å². The smallest absolute Gasteiger partial charge is 0.486 e. The second-order valence-electron chi connectivity index (χ2n) is 6.55. The molecule has 0 bridgehead atoms. The molecule has 8 heteroatoms. The van der Waals surface area contributed by atoms with E-state index >= 15 is 0 Å². The molecule has 0 aromatic heterocycles. The average molecular weight is 349 g/mol. The molecule has 0 atom stereocenters. The Morgan fingerprint density at radius 3 is 2.64 bits per heavy atom. The number of carbonyl (C=O) groups is 2. The molecule has 0 radical (unpaired) electrons. The lowest BCUT2D eigenvalue weighted by Crippen LogP contribution is -2.40. The van der Waals surface area contributed by atoms with Crippen LogP contribution >= 0.6 is 0 Å². The van der Waals surface area contributed by atoms with Gasteiger partial charge in [0.1, 0.15) is 24.9 Å². The van der Waals surface area contributed by atoms with Crippen molar-refractivity contribution in [2.45, 2.75) is 37.4 Å². The maximum absolute atomic E-state index is 12.4. The Kier molecular flexibility index (Phi) is 3.82. The molecular formula is C17H19NO7. The van der Waals surface area contributed by atoms with E-state index in [1.807, 2.05) is 6.07 Å². The lowest BCUT2D eigenvalue weighted by atomic mass is 9.83. The molecule has 1 saturated carbocycles. The van der Waals surface area contributed by atoms with E-state index < -0.39 is 17.8 Å². The molecule has 4 rings (SSSR count). The second-order valence-corrected chi connectivity index (χ2v) is 6.55. The third-order valence-corrected chi connectivity index (χ3v) is 4.92. The lowest BCUT2D eigenvalue weighted by Gasteiger charge is -2.34. The maximum Gasteiger partial charge on any atom is 0.506 e. The van der Waals surface area contributed by atoms with Crippen molar-refractivity contribution in [1.82, 2.24) is 0 Å². The predicted molar refractivity (Wildman–Crippen MR) is 85.4 cm³/mol. The molecule has 1 spiro atoms. The Morgan fingerprint density at radius 1 is 1.20 bits per heavy atom. The van der Waals surface area contributed by atoms with Crippen LogP contribution in [0.25, 0.3) is 0 Å². The SMILES string of the molecule is O=C(O)OC1CCC2(CC1)CN(c1ccc3c(c1)OCCO3)C(=O)O2. The highest BCUT2D eigenvalue weighted by Gasteiger charge is 2.48. The molecule has 0 unspecified atom stereocenters. The number of hydrogen-bond acceptors (Lipinski definition) is 6. The first-order valence-electron chi connectivity index (χ1n) is 8.34. The van der Waals surface area contributed by atoms with Crippen molar-refractivity contribution in [2.75, 3.05) is 24.7 Å². The van der Waals surface area contributed by atoms with Gasteiger partial charge in [0.25, 0.3) is 0 Å². The first-order valence-corrected chi connectivity index (χ1v) is 8.34. The van der Waals surface area contributed by atoms with Crippen molar-refractivity contribution in [3.8, 4) is 11.5 Å². The summed E-state index contributed by atoms with van der Waals surface area (Å²) in [6, 6.07) is 5.39. The third-order valence-electron chi connectivity index (χ3n) is 4.92. The van der Waals surface area contributed by atoms with Crippen LogP contribution in [0.15, 0.2) is 18.2 Å². The van der Waals surface area contributed by atoms with Gasteiger partial charge in [-0.25, -0.2) is 9.59 Å². The van der Waals surface area contributed by atoms with Crippen molar-refractivity contribution in [3.63, 3.8) is 0 Å². The summed E-state index contributed by atoms with van der Waals surface area (Å²) in [4.78, 5) is 24.6. The van der Waals surface area contributed by atoms with E-state index in [1.54, 1.807) is 17.0 Å². The van der Waals surface area contributed by atoms with Crippen LogP contribution < -0.4 is 14.4 Å². The fourth-order valence-electron chi connectivity index (χ4n) is 3.66. The number of fused-ring (bicyclic) bond motifs is 1. The monoisotopic (exact) mass is 349 g/mol. The predicted octanol–water partition coefficient (Wildman–Crippen LogP) is 2.79. The zero-order valence-electron chi connectivity index (χ0n) is 13.6. The summed E-state index contributed by atoms with van der Waals surface area (Å²) in [5.41, 5.74) is 0.123. The van der Waals surface area contributed by atoms with Gasteiger partial charge in [0, 0.05) is 6.07 Å². The van der Waals surface area contributed by atoms with E-state index in [-0.39, 0.29) is 6.10 Å². The molecule has 1 N–H and O–H groups in total. The van der Waals surface area contributed by atoms with Crippen LogP contribution in [-0.2, 0) is 9.47 Å². The third kappa shape index (κ3) is 3.04. The molecule has 1 amide bonds. The first-order chi connectivity index (χ1) is 12.0. The minimum atomic E-state index is -1.26. The van der Waals surface area contributed by atoms with Gasteiger partial charge >= 0.3 is 12.2 Å². The fraction of sp³-hybridized carbons (Fsp3) is 0.529. The van der Waals surface area contributed by atoms with E-state index in [4.69, 9.17) is 24.1 Å². The van der Waals surface area contributed by atoms with Crippen molar-refractivity contribution < 1.29 is 33.6 Å². The minimum absolute atomic E-state index is 0.329. The number of hydrogen-bond donors (Lipinski definition) is 1. The Morgan fingerprint density at radius 2 is 1.92 bits per heavy atom. The van der Waals surface area contributed by atoms with Gasteiger partial charge in [0.05, 0.1) is 12.2 Å². The van der Waals surface area contributed by atoms with Crippen LogP contribution in [0.3, 0.4) is 0 Å². The van der Waals surface area contributed by atoms with Crippen molar-refractivity contribution in [2.24, 2.45) is 0 Å². The molecule has 3 aliphatic rings. The van der Waals surface area contributed by atoms with Gasteiger partial charge in [-0.2, -0.15) is 0 Å². The molecule has 1 aromatic carbocycles. The van der Waals surface area contributed by atoms with Crippen LogP contribution in [0.2, 0.25) is 0 Å². The van der Waals surface area contributed by atoms with Gasteiger partial charge in [-0.1, -0.05) is 0 Å². The number of carbonyl (C=O) groups excluding carboxylic acids is 1. The number of carboxylic acid groups (broad SMARTS) is 1. The van der Waals surface area contributed by atoms with E-state index in [0.29, 0.717) is 62.6 Å². The molecule has 1 aromatic rings. The number of nitrogens with zero attached hydrogens (tertiary/aromatic N) is 1. The zero-order chi connectivity index (χ0) is 17.4. The molecule has 1 aliphatic carbocycles. The summed E-state index contributed by atoms with van der Waals surface area (Å²) in [7, 11) is 0. The van der Waals surface area contributed by atoms with Gasteiger partial charge in [-0.15, -0.1) is 0 Å². The van der Waals surface area contributed by atoms with E-state index in [0.717, 1.165) is 0 Å². The molecule has 8 nitrogen and oxygen atoms in total. The molecule has 134 valence electrons. The Hall–Kier alpha value is -2.64. The van der Waals surface area contributed by atoms with Crippen LogP contribution in [0.5, 0.6) is 11.5 Å². The van der Waals surface area contributed by atoms with E-state index in [1.165, 1.54) is 0 Å². The largest absolute Gasteiger partial charge is 0.506 e. The number of rotatable bonds is 2. The standard InChI is InChI=1S/C17H19NO7/c19-15-18(11-1-2-13-14(9-11)23-8-7-22-13)10-17(25-15)5-3-12(4-6-17)24-16(20)21/h1-2,9,12H,3-8,10H2,(H,20,21). The van der Waals surface area contributed by atoms with E-state index in [2.05, 4.69) is 0 Å². The Bertz CT molecular complexity index is 696. The summed E-state index contributed by atoms with van der Waals surface area (Å²) >= 11 is 0. The lowest BCUT2D eigenvalue weighted by molar-refractivity contribution is -0.0278. The summed E-state index contributed by atoms with van der Waals surface area (Å²) in [5, 5.41) is 8.71. The normalized spacial score (nSPS) is 27.9. The van der Waals surface area contributed by atoms with Gasteiger partial charge in [0.15, 0.2) is 11.5 Å². The number of amides is 1. The number of ether oxygens (including phenoxy) is 4. The van der Waals surface area contributed by atoms with Crippen LogP contribution in [-0.4, -0.2) is 48.8 Å². The number of benzene rings is 1. The number of anilines is 1. The Balaban J connectivity index is 1.47. The van der Waals surface area contributed by atoms with Gasteiger partial charge in [-0.3, -0.25) is 4.90 Å². The van der Waals surface area contributed by atoms with Gasteiger partial charge in [0.2, 0.25) is 0 Å². The summed E-state index contributed by atoms with van der Waals surface area (Å²) < 4.78 is 21.6. The first kappa shape index (κ1) is 15.9. The molecule has 2 fully saturated rings. The van der Waals surface area contributed by atoms with E-state index in [9.17, 15) is 9.59 Å². The quantitative estimate of drug-likeness (QED) is 0.820. The summed E-state index contributed by atoms with van der Waals surface area (Å²) in [6.45, 7) is 1.43. The van der Waals surface area contributed by atoms with Crippen LogP contribution in [0, 0.1) is 0 Å². The minimum Gasteiger partial charge on any atom is -0.486 e. The highest BCUT2D eigenvalue weighted by atomic mass is 16.7. The van der Waals surface area contributed by atoms with Gasteiger partial charge < -0.3 is 24.1 Å². The summed E-state index contributed by atoms with van der Waals surface area (Å²) in [5.74, 6) is 1.29. The fourth-order valence-corrected chi connectivity index (χ4v) is 3.66. The van der Waals surface area contributed by atoms with Crippen molar-refractivity contribution in [3.05, 3.63) is 18.2 Å². The molecule has 25 heavy (non-hydrogen) atoms. The maximum atomic E-state index is 12.4. The molecular weight excluding hydrogens is 330 g/mol. The highest BCUT2D eigenvalue weighted by molar-refractivity contribution is 5.90. The molecule has 2 aliphatic heterocycles. The highest BCUT2D eigenvalue weighted by Crippen LogP contribution is 2.41. The van der Waals surface area contributed by atoms with Crippen molar-refractivity contribution in [1.29, 1.82) is 0 Å². The van der Waals surface area contributed by atoms with Gasteiger partial charge in [-0.05, 0) is 37.8 Å². The second kappa shape index (κ2) is 6.02. The molecule has 1 saturated heterocycles. The summed E-state index contributed by atoms with van der Waals surface area (Å²) in [6.07, 6.45) is 0.278. The average Bonchev–Trinajstić information content (AvgIpc) is 2.93. The topological polar surface area (TPSA) is 94.5 Å². The zero-order valence-corrected chi connectivity index (χ0v) is 13.6. The van der Waals surface area contributed by atoms with Crippen LogP contribution in [0.4, 0.5) is 15.3 Å². The van der Waals surface area contributed by atoms with Crippen LogP contribution in [0.1, 0.15) is 25.7 Å². The Labute approximate surface area is 144 Å². The molecule has 2 heterocycles.